The molecule has 0 spiro atoms. The number of nitrogens with zero attached hydrogens (tertiary/aromatic N) is 4. The third-order valence-corrected chi connectivity index (χ3v) is 6.20. The molecule has 1 saturated heterocycles. The number of thiazole rings is 1. The quantitative estimate of drug-likeness (QED) is 0.231. The van der Waals surface area contributed by atoms with E-state index in [0.29, 0.717) is 0 Å². The van der Waals surface area contributed by atoms with Gasteiger partial charge in [0, 0.05) is 50.6 Å². The number of halogens is 1. The van der Waals surface area contributed by atoms with Gasteiger partial charge < -0.3 is 15.1 Å². The number of rotatable bonds is 7. The van der Waals surface area contributed by atoms with E-state index in [9.17, 15) is 4.39 Å². The minimum atomic E-state index is -0.242. The number of aromatic nitrogens is 1. The lowest BCUT2D eigenvalue weighted by Crippen LogP contribution is -2.46. The molecule has 0 amide bonds. The highest BCUT2D eigenvalue weighted by Gasteiger charge is 2.17. The molecule has 176 valence electrons. The van der Waals surface area contributed by atoms with Gasteiger partial charge in [-0.1, -0.05) is 13.8 Å². The smallest absolute Gasteiger partial charge is 0.191 e. The second-order valence-corrected chi connectivity index (χ2v) is 8.13. The molecule has 0 bridgehead atoms. The van der Waals surface area contributed by atoms with Crippen molar-refractivity contribution in [3.05, 3.63) is 46.9 Å². The molecule has 1 aliphatic rings. The summed E-state index contributed by atoms with van der Waals surface area (Å²) in [5, 5.41) is 11.0. The lowest BCUT2D eigenvalue weighted by Gasteiger charge is -2.30. The minimum Gasteiger partial charge on any atom is -0.356 e. The van der Waals surface area contributed by atoms with E-state index in [0.717, 1.165) is 67.1 Å². The molecule has 1 aliphatic heterocycles. The molecule has 3 rings (SSSR count). The number of hydrogen-bond donors (Lipinski definition) is 3. The highest BCUT2D eigenvalue weighted by molar-refractivity contribution is 7.79. The van der Waals surface area contributed by atoms with Gasteiger partial charge in [-0.2, -0.15) is 17.7 Å². The summed E-state index contributed by atoms with van der Waals surface area (Å²) in [6.07, 6.45) is 3.48. The van der Waals surface area contributed by atoms with Crippen LogP contribution in [-0.2, 0) is 0 Å². The van der Waals surface area contributed by atoms with Crippen LogP contribution in [0, 0.1) is 5.82 Å². The SMILES string of the molecule is CC/C(=N\N/C(=C(\C)CC)N(C)c1nc(-c2ccc(F)cc2)cs1)N1CCNCC1.CS. The van der Waals surface area contributed by atoms with Crippen molar-refractivity contribution in [2.45, 2.75) is 33.6 Å². The Morgan fingerprint density at radius 3 is 2.47 bits per heavy atom. The van der Waals surface area contributed by atoms with Crippen molar-refractivity contribution in [3.8, 4) is 11.3 Å². The summed E-state index contributed by atoms with van der Waals surface area (Å²) in [6.45, 7) is 10.3. The maximum Gasteiger partial charge on any atom is 0.191 e. The highest BCUT2D eigenvalue weighted by Crippen LogP contribution is 2.29. The molecule has 1 aromatic carbocycles. The molecular weight excluding hydrogens is 443 g/mol. The van der Waals surface area contributed by atoms with Crippen LogP contribution in [0.2, 0.25) is 0 Å². The van der Waals surface area contributed by atoms with Gasteiger partial charge in [-0.15, -0.1) is 11.3 Å². The standard InChI is InChI=1S/C22H31FN6S.CH4S/c1-5-16(3)21(27-26-20(6-2)29-13-11-24-12-14-29)28(4)22-25-19(15-30-22)17-7-9-18(23)10-8-17;1-2/h7-10,15,24,27H,5-6,11-14H2,1-4H3;2H,1H3/b21-16-,26-20+;. The fourth-order valence-electron chi connectivity index (χ4n) is 3.31. The molecule has 0 unspecified atom stereocenters. The zero-order valence-corrected chi connectivity index (χ0v) is 21.4. The molecule has 0 radical (unpaired) electrons. The third kappa shape index (κ3) is 6.95. The fraction of sp³-hybridized carbons (Fsp3) is 0.478. The Kier molecular flexibility index (Phi) is 11.0. The van der Waals surface area contributed by atoms with Gasteiger partial charge in [0.1, 0.15) is 17.5 Å². The van der Waals surface area contributed by atoms with E-state index in [-0.39, 0.29) is 5.82 Å². The molecule has 1 aromatic heterocycles. The molecule has 0 atom stereocenters. The number of hydrazone groups is 1. The maximum atomic E-state index is 13.2. The van der Waals surface area contributed by atoms with Gasteiger partial charge in [-0.3, -0.25) is 5.43 Å². The predicted octanol–water partition coefficient (Wildman–Crippen LogP) is 4.79. The van der Waals surface area contributed by atoms with E-state index >= 15 is 0 Å². The molecule has 6 nitrogen and oxygen atoms in total. The van der Waals surface area contributed by atoms with Gasteiger partial charge in [-0.25, -0.2) is 9.37 Å². The predicted molar refractivity (Wildman–Crippen MR) is 139 cm³/mol. The molecule has 0 saturated carbocycles. The first-order valence-electron chi connectivity index (χ1n) is 10.9. The zero-order chi connectivity index (χ0) is 23.5. The number of piperazine rings is 1. The number of thiol groups is 1. The Hall–Kier alpha value is -2.10. The highest BCUT2D eigenvalue weighted by atomic mass is 32.1. The number of nitrogens with one attached hydrogen (secondary N) is 2. The largest absolute Gasteiger partial charge is 0.356 e. The van der Waals surface area contributed by atoms with E-state index in [2.05, 4.69) is 49.0 Å². The molecule has 9 heteroatoms. The number of benzene rings is 1. The van der Waals surface area contributed by atoms with E-state index in [1.807, 2.05) is 17.3 Å². The lowest BCUT2D eigenvalue weighted by atomic mass is 10.2. The Morgan fingerprint density at radius 1 is 1.22 bits per heavy atom. The average molecular weight is 479 g/mol. The van der Waals surface area contributed by atoms with Crippen molar-refractivity contribution < 1.29 is 4.39 Å². The van der Waals surface area contributed by atoms with Crippen molar-refractivity contribution in [2.75, 3.05) is 44.4 Å². The number of anilines is 1. The summed E-state index contributed by atoms with van der Waals surface area (Å²) in [5.41, 5.74) is 6.27. The van der Waals surface area contributed by atoms with Crippen LogP contribution in [0.5, 0.6) is 0 Å². The topological polar surface area (TPSA) is 55.8 Å². The monoisotopic (exact) mass is 478 g/mol. The van der Waals surface area contributed by atoms with Gasteiger partial charge in [0.05, 0.1) is 5.69 Å². The van der Waals surface area contributed by atoms with E-state index in [1.165, 1.54) is 17.7 Å². The molecule has 0 aliphatic carbocycles. The Morgan fingerprint density at radius 2 is 1.88 bits per heavy atom. The van der Waals surface area contributed by atoms with Gasteiger partial charge in [-0.05, 0) is 49.4 Å². The summed E-state index contributed by atoms with van der Waals surface area (Å²) < 4.78 is 13.2. The van der Waals surface area contributed by atoms with Crippen LogP contribution in [0.25, 0.3) is 11.3 Å². The second kappa shape index (κ2) is 13.4. The second-order valence-electron chi connectivity index (χ2n) is 7.29. The van der Waals surface area contributed by atoms with Gasteiger partial charge in [0.25, 0.3) is 0 Å². The van der Waals surface area contributed by atoms with Crippen LogP contribution < -0.4 is 15.6 Å². The first-order chi connectivity index (χ1) is 15.5. The molecule has 32 heavy (non-hydrogen) atoms. The zero-order valence-electron chi connectivity index (χ0n) is 19.7. The van der Waals surface area contributed by atoms with Gasteiger partial charge in [0.2, 0.25) is 0 Å². The summed E-state index contributed by atoms with van der Waals surface area (Å²) in [6, 6.07) is 6.43. The first-order valence-corrected chi connectivity index (χ1v) is 12.7. The maximum absolute atomic E-state index is 13.2. The summed E-state index contributed by atoms with van der Waals surface area (Å²) in [5.74, 6) is 1.77. The summed E-state index contributed by atoms with van der Waals surface area (Å²) in [7, 11) is 2.00. The molecule has 2 N–H and O–H groups in total. The van der Waals surface area contributed by atoms with Crippen LogP contribution in [0.4, 0.5) is 9.52 Å². The Bertz CT molecular complexity index is 888. The van der Waals surface area contributed by atoms with E-state index in [1.54, 1.807) is 29.7 Å². The van der Waals surface area contributed by atoms with Gasteiger partial charge >= 0.3 is 0 Å². The summed E-state index contributed by atoms with van der Waals surface area (Å²) in [4.78, 5) is 9.14. The fourth-order valence-corrected chi connectivity index (χ4v) is 4.11. The molecule has 1 fully saturated rings. The number of allylic oxidation sites excluding steroid dienone is 1. The number of hydrogen-bond acceptors (Lipinski definition) is 7. The first kappa shape index (κ1) is 26.2. The van der Waals surface area contributed by atoms with Crippen molar-refractivity contribution in [1.82, 2.24) is 20.6 Å². The van der Waals surface area contributed by atoms with Crippen molar-refractivity contribution in [3.63, 3.8) is 0 Å². The van der Waals surface area contributed by atoms with Crippen molar-refractivity contribution >= 4 is 34.9 Å². The van der Waals surface area contributed by atoms with Crippen molar-refractivity contribution in [2.24, 2.45) is 5.10 Å². The van der Waals surface area contributed by atoms with Crippen LogP contribution in [0.15, 0.2) is 46.1 Å². The van der Waals surface area contributed by atoms with E-state index in [4.69, 9.17) is 10.1 Å². The van der Waals surface area contributed by atoms with Crippen LogP contribution in [-0.4, -0.2) is 55.2 Å². The summed E-state index contributed by atoms with van der Waals surface area (Å²) >= 11 is 5.09. The van der Waals surface area contributed by atoms with Crippen LogP contribution in [0.3, 0.4) is 0 Å². The van der Waals surface area contributed by atoms with Crippen LogP contribution in [0.1, 0.15) is 33.6 Å². The third-order valence-electron chi connectivity index (χ3n) is 5.28. The minimum absolute atomic E-state index is 0.242. The van der Waals surface area contributed by atoms with Crippen LogP contribution >= 0.6 is 24.0 Å². The normalized spacial score (nSPS) is 15.0. The molecule has 2 heterocycles. The van der Waals surface area contributed by atoms with Crippen molar-refractivity contribution in [1.29, 1.82) is 0 Å². The Labute approximate surface area is 201 Å². The lowest BCUT2D eigenvalue weighted by molar-refractivity contribution is 0.350. The van der Waals surface area contributed by atoms with Gasteiger partial charge in [0.15, 0.2) is 5.13 Å². The number of amidine groups is 1. The van der Waals surface area contributed by atoms with E-state index < -0.39 is 0 Å². The Balaban J connectivity index is 0.00000176. The molecular formula is C23H35FN6S2. The average Bonchev–Trinajstić information content (AvgIpc) is 3.34. The molecule has 2 aromatic rings.